The van der Waals surface area contributed by atoms with E-state index in [2.05, 4.69) is 19.2 Å². The van der Waals surface area contributed by atoms with Gasteiger partial charge in [-0.15, -0.1) is 0 Å². The minimum absolute atomic E-state index is 0.0784. The summed E-state index contributed by atoms with van der Waals surface area (Å²) in [5.41, 5.74) is -0.237. The van der Waals surface area contributed by atoms with Gasteiger partial charge in [0.25, 0.3) is 5.91 Å². The number of hydrogen-bond donors (Lipinski definition) is 1. The highest BCUT2D eigenvalue weighted by atomic mass is 35.5. The number of rotatable bonds is 4. The molecule has 1 N–H and O–H groups in total. The van der Waals surface area contributed by atoms with Crippen LogP contribution in [0.5, 0.6) is 0 Å². The van der Waals surface area contributed by atoms with Crippen molar-refractivity contribution in [1.29, 1.82) is 0 Å². The summed E-state index contributed by atoms with van der Waals surface area (Å²) in [6.45, 7) is 5.78. The number of ether oxygens (including phenoxy) is 1. The van der Waals surface area contributed by atoms with E-state index in [1.54, 1.807) is 0 Å². The summed E-state index contributed by atoms with van der Waals surface area (Å²) in [4.78, 5) is 24.3. The van der Waals surface area contributed by atoms with Gasteiger partial charge in [-0.1, -0.05) is 38.3 Å². The van der Waals surface area contributed by atoms with Gasteiger partial charge < -0.3 is 10.1 Å². The van der Waals surface area contributed by atoms with Crippen molar-refractivity contribution in [2.45, 2.75) is 52.2 Å². The topological polar surface area (TPSA) is 55.4 Å². The van der Waals surface area contributed by atoms with Crippen molar-refractivity contribution in [3.63, 3.8) is 0 Å². The molecule has 1 aromatic carbocycles. The molecule has 4 atom stereocenters. The fraction of sp³-hybridized carbons (Fsp3) is 0.556. The van der Waals surface area contributed by atoms with E-state index in [4.69, 9.17) is 16.3 Å². The first-order chi connectivity index (χ1) is 11.3. The largest absolute Gasteiger partial charge is 0.449 e. The SMILES string of the molecule is C[C@@H]1[C@H](C)CCC[C@@H]1NC(=O)[C@@H](C)OC(=O)c1ccc(Cl)cc1F. The average molecular weight is 356 g/mol. The van der Waals surface area contributed by atoms with Gasteiger partial charge in [0, 0.05) is 11.1 Å². The molecule has 24 heavy (non-hydrogen) atoms. The van der Waals surface area contributed by atoms with E-state index in [1.165, 1.54) is 19.1 Å². The Balaban J connectivity index is 1.94. The number of esters is 1. The zero-order valence-electron chi connectivity index (χ0n) is 14.1. The van der Waals surface area contributed by atoms with Crippen LogP contribution in [0.3, 0.4) is 0 Å². The molecule has 0 aromatic heterocycles. The van der Waals surface area contributed by atoms with Gasteiger partial charge in [-0.05, 0) is 43.4 Å². The number of carbonyl (C=O) groups excluding carboxylic acids is 2. The van der Waals surface area contributed by atoms with Gasteiger partial charge in [0.1, 0.15) is 5.82 Å². The van der Waals surface area contributed by atoms with Crippen LogP contribution < -0.4 is 5.32 Å². The average Bonchev–Trinajstić information content (AvgIpc) is 2.51. The molecular formula is C18H23ClFNO3. The van der Waals surface area contributed by atoms with Crippen molar-refractivity contribution in [2.75, 3.05) is 0 Å². The van der Waals surface area contributed by atoms with Gasteiger partial charge in [-0.3, -0.25) is 4.79 Å². The van der Waals surface area contributed by atoms with Crippen LogP contribution >= 0.6 is 11.6 Å². The zero-order valence-corrected chi connectivity index (χ0v) is 14.9. The first kappa shape index (κ1) is 18.7. The number of benzene rings is 1. The molecule has 1 saturated carbocycles. The van der Waals surface area contributed by atoms with Gasteiger partial charge in [-0.25, -0.2) is 9.18 Å². The van der Waals surface area contributed by atoms with Crippen LogP contribution in [-0.2, 0) is 9.53 Å². The Hall–Kier alpha value is -1.62. The lowest BCUT2D eigenvalue weighted by molar-refractivity contribution is -0.130. The number of amides is 1. The predicted octanol–water partition coefficient (Wildman–Crippen LogP) is 3.97. The zero-order chi connectivity index (χ0) is 17.9. The van der Waals surface area contributed by atoms with Crippen molar-refractivity contribution < 1.29 is 18.7 Å². The van der Waals surface area contributed by atoms with Crippen LogP contribution in [0.15, 0.2) is 18.2 Å². The Labute approximate surface area is 146 Å². The summed E-state index contributed by atoms with van der Waals surface area (Å²) >= 11 is 5.66. The second kappa shape index (κ2) is 7.97. The number of carbonyl (C=O) groups is 2. The van der Waals surface area contributed by atoms with E-state index in [0.29, 0.717) is 11.8 Å². The molecule has 1 amide bonds. The van der Waals surface area contributed by atoms with Gasteiger partial charge in [0.2, 0.25) is 0 Å². The van der Waals surface area contributed by atoms with E-state index in [1.807, 2.05) is 0 Å². The summed E-state index contributed by atoms with van der Waals surface area (Å²) in [5.74, 6) is -1.08. The summed E-state index contributed by atoms with van der Waals surface area (Å²) in [6, 6.07) is 3.76. The van der Waals surface area contributed by atoms with E-state index >= 15 is 0 Å². The summed E-state index contributed by atoms with van der Waals surface area (Å²) in [6.07, 6.45) is 2.16. The molecule has 4 nitrogen and oxygen atoms in total. The van der Waals surface area contributed by atoms with Gasteiger partial charge in [0.05, 0.1) is 5.56 Å². The fourth-order valence-corrected chi connectivity index (χ4v) is 3.18. The molecule has 1 aliphatic rings. The van der Waals surface area contributed by atoms with Gasteiger partial charge in [0.15, 0.2) is 6.10 Å². The van der Waals surface area contributed by atoms with E-state index < -0.39 is 17.9 Å². The monoisotopic (exact) mass is 355 g/mol. The van der Waals surface area contributed by atoms with E-state index in [-0.39, 0.29) is 22.5 Å². The first-order valence-corrected chi connectivity index (χ1v) is 8.63. The van der Waals surface area contributed by atoms with Crippen LogP contribution in [0.1, 0.15) is 50.4 Å². The summed E-state index contributed by atoms with van der Waals surface area (Å²) < 4.78 is 18.8. The van der Waals surface area contributed by atoms with Crippen LogP contribution in [0.25, 0.3) is 0 Å². The molecule has 132 valence electrons. The van der Waals surface area contributed by atoms with Crippen LogP contribution in [0.4, 0.5) is 4.39 Å². The molecule has 1 fully saturated rings. The second-order valence-electron chi connectivity index (χ2n) is 6.55. The highest BCUT2D eigenvalue weighted by Crippen LogP contribution is 2.29. The maximum absolute atomic E-state index is 13.7. The van der Waals surface area contributed by atoms with Crippen molar-refractivity contribution >= 4 is 23.5 Å². The quantitative estimate of drug-likeness (QED) is 0.831. The maximum atomic E-state index is 13.7. The molecule has 1 aliphatic carbocycles. The molecular weight excluding hydrogens is 333 g/mol. The second-order valence-corrected chi connectivity index (χ2v) is 6.99. The van der Waals surface area contributed by atoms with E-state index in [0.717, 1.165) is 25.3 Å². The molecule has 0 aliphatic heterocycles. The lowest BCUT2D eigenvalue weighted by Crippen LogP contribution is -2.47. The highest BCUT2D eigenvalue weighted by molar-refractivity contribution is 6.30. The molecule has 0 unspecified atom stereocenters. The highest BCUT2D eigenvalue weighted by Gasteiger charge is 2.30. The van der Waals surface area contributed by atoms with Crippen LogP contribution in [0.2, 0.25) is 5.02 Å². The van der Waals surface area contributed by atoms with Crippen molar-refractivity contribution in [3.8, 4) is 0 Å². The molecule has 0 heterocycles. The molecule has 1 aromatic rings. The third kappa shape index (κ3) is 4.47. The third-order valence-corrected chi connectivity index (χ3v) is 5.07. The maximum Gasteiger partial charge on any atom is 0.341 e. The number of hydrogen-bond acceptors (Lipinski definition) is 3. The van der Waals surface area contributed by atoms with Crippen molar-refractivity contribution in [2.24, 2.45) is 11.8 Å². The lowest BCUT2D eigenvalue weighted by atomic mass is 9.78. The normalized spacial score (nSPS) is 25.0. The van der Waals surface area contributed by atoms with Crippen molar-refractivity contribution in [3.05, 3.63) is 34.6 Å². The minimum atomic E-state index is -0.989. The Kier molecular flexibility index (Phi) is 6.21. The Bertz CT molecular complexity index is 622. The van der Waals surface area contributed by atoms with Crippen molar-refractivity contribution in [1.82, 2.24) is 5.32 Å². The lowest BCUT2D eigenvalue weighted by Gasteiger charge is -2.35. The summed E-state index contributed by atoms with van der Waals surface area (Å²) in [5, 5.41) is 3.14. The summed E-state index contributed by atoms with van der Waals surface area (Å²) in [7, 11) is 0. The fourth-order valence-electron chi connectivity index (χ4n) is 3.02. The van der Waals surface area contributed by atoms with Crippen LogP contribution in [-0.4, -0.2) is 24.0 Å². The Morgan fingerprint density at radius 3 is 2.71 bits per heavy atom. The minimum Gasteiger partial charge on any atom is -0.449 e. The molecule has 0 saturated heterocycles. The molecule has 0 radical (unpaired) electrons. The first-order valence-electron chi connectivity index (χ1n) is 8.26. The predicted molar refractivity (Wildman–Crippen MR) is 90.4 cm³/mol. The van der Waals surface area contributed by atoms with E-state index in [9.17, 15) is 14.0 Å². The number of nitrogens with one attached hydrogen (secondary N) is 1. The van der Waals surface area contributed by atoms with Gasteiger partial charge >= 0.3 is 5.97 Å². The van der Waals surface area contributed by atoms with Gasteiger partial charge in [-0.2, -0.15) is 0 Å². The Morgan fingerprint density at radius 2 is 2.04 bits per heavy atom. The third-order valence-electron chi connectivity index (χ3n) is 4.84. The Morgan fingerprint density at radius 1 is 1.33 bits per heavy atom. The smallest absolute Gasteiger partial charge is 0.341 e. The molecule has 2 rings (SSSR count). The van der Waals surface area contributed by atoms with Crippen LogP contribution in [0, 0.1) is 17.7 Å². The number of halogens is 2. The standard InChI is InChI=1S/C18H23ClFNO3/c1-10-5-4-6-16(11(10)2)21-17(22)12(3)24-18(23)14-8-7-13(19)9-15(14)20/h7-12,16H,4-6H2,1-3H3,(H,21,22)/t10-,11-,12-,16+/m1/s1. The molecule has 6 heteroatoms. The molecule has 0 bridgehead atoms. The molecule has 0 spiro atoms.